The molecular formula is C66H95N7O11. The summed E-state index contributed by atoms with van der Waals surface area (Å²) < 4.78 is 40.5. The van der Waals surface area contributed by atoms with E-state index >= 15 is 0 Å². The first-order valence-electron chi connectivity index (χ1n) is 31.1. The molecule has 0 spiro atoms. The zero-order chi connectivity index (χ0) is 59.2. The summed E-state index contributed by atoms with van der Waals surface area (Å²) in [6.45, 7) is 20.2. The molecule has 4 aromatic rings. The molecule has 3 aromatic carbocycles. The molecule has 18 nitrogen and oxygen atoms in total. The van der Waals surface area contributed by atoms with Crippen LogP contribution in [0.2, 0.25) is 0 Å². The van der Waals surface area contributed by atoms with Gasteiger partial charge in [0.2, 0.25) is 11.8 Å². The van der Waals surface area contributed by atoms with Crippen LogP contribution in [-0.4, -0.2) is 176 Å². The summed E-state index contributed by atoms with van der Waals surface area (Å²) in [4.78, 5) is 63.9. The van der Waals surface area contributed by atoms with Crippen molar-refractivity contribution in [3.63, 3.8) is 0 Å². The van der Waals surface area contributed by atoms with Crippen molar-refractivity contribution >= 4 is 23.4 Å². The van der Waals surface area contributed by atoms with Crippen molar-refractivity contribution in [3.8, 4) is 22.6 Å². The summed E-state index contributed by atoms with van der Waals surface area (Å²) in [5.41, 5.74) is 7.59. The molecule has 3 aliphatic heterocycles. The van der Waals surface area contributed by atoms with Crippen LogP contribution < -0.4 is 35.9 Å². The SMILES string of the molecule is CCN(c1cc(-c2ccc(OCCOCCOCCOCCOCCOc3ccc(CCN4CC[C@H]5CCN(C(=O)C(NC(=O)[C@H](C)NC)C6CCCCC6)[C@H]5C4)cc3)cc2)cc(C(=O)NCc2c(C)cc(C)[nH]c2=O)c1C)C1CCOCC1. The second-order valence-corrected chi connectivity index (χ2v) is 23.1. The maximum absolute atomic E-state index is 14.2. The van der Waals surface area contributed by atoms with E-state index < -0.39 is 6.04 Å². The number of fused-ring (bicyclic) bond motifs is 1. The van der Waals surface area contributed by atoms with Gasteiger partial charge in [-0.3, -0.25) is 19.2 Å². The molecule has 1 aliphatic carbocycles. The Morgan fingerprint density at radius 1 is 0.738 bits per heavy atom. The fraction of sp³-hybridized carbons (Fsp3) is 0.606. The van der Waals surface area contributed by atoms with E-state index in [2.05, 4.69) is 60.8 Å². The number of amides is 3. The number of hydrogen-bond donors (Lipinski definition) is 4. The van der Waals surface area contributed by atoms with Crippen LogP contribution in [0.3, 0.4) is 0 Å². The summed E-state index contributed by atoms with van der Waals surface area (Å²) >= 11 is 0. The second-order valence-electron chi connectivity index (χ2n) is 23.1. The number of carbonyl (C=O) groups is 3. The Morgan fingerprint density at radius 2 is 1.35 bits per heavy atom. The first kappa shape index (κ1) is 64.1. The van der Waals surface area contributed by atoms with Gasteiger partial charge in [-0.15, -0.1) is 0 Å². The molecule has 84 heavy (non-hydrogen) atoms. The predicted molar refractivity (Wildman–Crippen MR) is 327 cm³/mol. The molecule has 8 rings (SSSR count). The maximum Gasteiger partial charge on any atom is 0.253 e. The molecule has 1 aromatic heterocycles. The Kier molecular flexibility index (Phi) is 25.3. The van der Waals surface area contributed by atoms with Crippen LogP contribution in [-0.2, 0) is 46.2 Å². The molecule has 3 saturated heterocycles. The highest BCUT2D eigenvalue weighted by atomic mass is 16.6. The van der Waals surface area contributed by atoms with E-state index in [1.54, 1.807) is 7.05 Å². The molecule has 4 fully saturated rings. The van der Waals surface area contributed by atoms with Crippen LogP contribution in [0.25, 0.3) is 11.1 Å². The Morgan fingerprint density at radius 3 is 1.95 bits per heavy atom. The van der Waals surface area contributed by atoms with E-state index in [9.17, 15) is 19.2 Å². The van der Waals surface area contributed by atoms with Crippen LogP contribution in [0.1, 0.15) is 110 Å². The number of aromatic amines is 1. The fourth-order valence-electron chi connectivity index (χ4n) is 12.5. The largest absolute Gasteiger partial charge is 0.491 e. The number of anilines is 1. The molecule has 1 unspecified atom stereocenters. The van der Waals surface area contributed by atoms with E-state index in [1.165, 1.54) is 12.0 Å². The first-order valence-corrected chi connectivity index (χ1v) is 31.1. The van der Waals surface area contributed by atoms with Crippen LogP contribution in [0.4, 0.5) is 5.69 Å². The van der Waals surface area contributed by atoms with Crippen molar-refractivity contribution in [3.05, 3.63) is 111 Å². The molecule has 4 aliphatic rings. The number of rotatable bonds is 32. The summed E-state index contributed by atoms with van der Waals surface area (Å²) in [7, 11) is 1.78. The number of nitrogens with zero attached hydrogens (tertiary/aromatic N) is 3. The van der Waals surface area contributed by atoms with Gasteiger partial charge in [-0.2, -0.15) is 0 Å². The number of aryl methyl sites for hydroxylation is 2. The van der Waals surface area contributed by atoms with E-state index in [0.29, 0.717) is 102 Å². The molecule has 460 valence electrons. The van der Waals surface area contributed by atoms with Crippen molar-refractivity contribution in [2.45, 2.75) is 130 Å². The molecular weight excluding hydrogens is 1070 g/mol. The summed E-state index contributed by atoms with van der Waals surface area (Å²) in [6, 6.07) is 22.0. The quantitative estimate of drug-likeness (QED) is 0.0350. The number of likely N-dealkylation sites (tertiary alicyclic amines) is 2. The molecule has 0 bridgehead atoms. The molecule has 4 N–H and O–H groups in total. The van der Waals surface area contributed by atoms with Crippen LogP contribution in [0, 0.1) is 32.6 Å². The predicted octanol–water partition coefficient (Wildman–Crippen LogP) is 7.56. The maximum atomic E-state index is 14.2. The van der Waals surface area contributed by atoms with Crippen molar-refractivity contribution < 1.29 is 47.5 Å². The van der Waals surface area contributed by atoms with Gasteiger partial charge in [0.05, 0.1) is 58.9 Å². The number of aromatic nitrogens is 1. The highest BCUT2D eigenvalue weighted by molar-refractivity contribution is 5.99. The number of nitrogens with one attached hydrogen (secondary N) is 4. The normalized spacial score (nSPS) is 18.5. The van der Waals surface area contributed by atoms with Gasteiger partial charge in [-0.1, -0.05) is 43.5 Å². The van der Waals surface area contributed by atoms with Gasteiger partial charge in [0.15, 0.2) is 0 Å². The van der Waals surface area contributed by atoms with Crippen molar-refractivity contribution in [2.75, 3.05) is 124 Å². The third kappa shape index (κ3) is 18.3. The second kappa shape index (κ2) is 33.2. The highest BCUT2D eigenvalue weighted by Gasteiger charge is 2.44. The number of likely N-dealkylation sites (N-methyl/N-ethyl adjacent to an activating group) is 1. The minimum Gasteiger partial charge on any atom is -0.491 e. The Labute approximate surface area is 498 Å². The Balaban J connectivity index is 0.661. The van der Waals surface area contributed by atoms with E-state index in [0.717, 1.165) is 136 Å². The fourth-order valence-corrected chi connectivity index (χ4v) is 12.5. The van der Waals surface area contributed by atoms with Gasteiger partial charge in [0.25, 0.3) is 11.5 Å². The smallest absolute Gasteiger partial charge is 0.253 e. The zero-order valence-electron chi connectivity index (χ0n) is 50.9. The molecule has 1 saturated carbocycles. The van der Waals surface area contributed by atoms with Gasteiger partial charge in [0.1, 0.15) is 30.8 Å². The van der Waals surface area contributed by atoms with Crippen molar-refractivity contribution in [1.29, 1.82) is 0 Å². The summed E-state index contributed by atoms with van der Waals surface area (Å²) in [6.07, 6.45) is 10.3. The lowest BCUT2D eigenvalue weighted by Crippen LogP contribution is -2.58. The van der Waals surface area contributed by atoms with Crippen molar-refractivity contribution in [2.24, 2.45) is 11.8 Å². The first-order chi connectivity index (χ1) is 40.9. The lowest BCUT2D eigenvalue weighted by molar-refractivity contribution is -0.140. The van der Waals surface area contributed by atoms with Gasteiger partial charge in [0, 0.05) is 80.5 Å². The number of piperidine rings is 1. The minimum atomic E-state index is -0.443. The van der Waals surface area contributed by atoms with Gasteiger partial charge < -0.3 is 68.8 Å². The summed E-state index contributed by atoms with van der Waals surface area (Å²) in [5, 5.41) is 9.25. The van der Waals surface area contributed by atoms with Gasteiger partial charge >= 0.3 is 0 Å². The van der Waals surface area contributed by atoms with Gasteiger partial charge in [-0.05, 0) is 175 Å². The van der Waals surface area contributed by atoms with Crippen LogP contribution >= 0.6 is 0 Å². The van der Waals surface area contributed by atoms with Crippen LogP contribution in [0.5, 0.6) is 11.5 Å². The average Bonchev–Trinajstić information content (AvgIpc) is 2.87. The lowest BCUT2D eigenvalue weighted by atomic mass is 9.83. The molecule has 0 radical (unpaired) electrons. The monoisotopic (exact) mass is 1160 g/mol. The third-order valence-corrected chi connectivity index (χ3v) is 17.5. The third-order valence-electron chi connectivity index (χ3n) is 17.5. The van der Waals surface area contributed by atoms with Gasteiger partial charge in [-0.25, -0.2) is 0 Å². The molecule has 4 atom stereocenters. The number of hydrogen-bond acceptors (Lipinski definition) is 14. The molecule has 3 amide bonds. The highest BCUT2D eigenvalue weighted by Crippen LogP contribution is 2.37. The zero-order valence-corrected chi connectivity index (χ0v) is 50.9. The molecule has 18 heteroatoms. The lowest BCUT2D eigenvalue weighted by Gasteiger charge is -2.41. The number of benzene rings is 3. The van der Waals surface area contributed by atoms with Crippen LogP contribution in [0.15, 0.2) is 71.5 Å². The number of ether oxygens (including phenoxy) is 7. The number of carbonyl (C=O) groups excluding carboxylic acids is 3. The van der Waals surface area contributed by atoms with E-state index in [-0.39, 0.29) is 47.8 Å². The average molecular weight is 1160 g/mol. The summed E-state index contributed by atoms with van der Waals surface area (Å²) in [5.74, 6) is 2.05. The van der Waals surface area contributed by atoms with E-state index in [4.69, 9.17) is 33.2 Å². The number of pyridine rings is 1. The van der Waals surface area contributed by atoms with E-state index in [1.807, 2.05) is 76.2 Å². The Hall–Kier alpha value is -5.86. The molecule has 4 heterocycles. The Bertz CT molecular complexity index is 2750. The van der Waals surface area contributed by atoms with Crippen molar-refractivity contribution in [1.82, 2.24) is 30.7 Å². The topological polar surface area (TPSA) is 194 Å². The minimum absolute atomic E-state index is 0.0954. The number of H-pyrrole nitrogens is 1. The standard InChI is InChI=1S/C66H95N7O11/c1-7-72(55-24-29-78-30-25-55)60-43-54(42-58(48(60)4)64(75)68-44-59-46(2)41-47(3)69-65(59)76)51-15-19-57(20-16-51)84-40-38-82-36-34-80-32-31-79-33-35-81-37-39-83-56-17-13-50(14-18-56)21-26-71-27-22-52-23-28-73(61(52)45-71)66(77)62(53-11-9-8-10-12-53)70-63(74)49(5)67-6/h13-20,41-43,49,52-53,55,61-62,67H,7-12,21-40,44-45H2,1-6H3,(H,68,75)(H,69,76)(H,70,74)/t49-,52-,61-,62?/m0/s1.